The molecule has 7 heteroatoms. The van der Waals surface area contributed by atoms with E-state index in [9.17, 15) is 13.2 Å². The van der Waals surface area contributed by atoms with Crippen LogP contribution >= 0.6 is 0 Å². The summed E-state index contributed by atoms with van der Waals surface area (Å²) in [6.07, 6.45) is 2.78. The molecule has 0 spiro atoms. The van der Waals surface area contributed by atoms with Gasteiger partial charge < -0.3 is 10.1 Å². The van der Waals surface area contributed by atoms with Crippen LogP contribution in [-0.4, -0.2) is 39.8 Å². The van der Waals surface area contributed by atoms with Crippen molar-refractivity contribution < 1.29 is 17.9 Å². The third-order valence-corrected chi connectivity index (χ3v) is 5.68. The molecule has 0 atom stereocenters. The summed E-state index contributed by atoms with van der Waals surface area (Å²) < 4.78 is 31.4. The smallest absolute Gasteiger partial charge is 0.240 e. The highest BCUT2D eigenvalue weighted by atomic mass is 32.2. The Labute approximate surface area is 180 Å². The zero-order valence-corrected chi connectivity index (χ0v) is 19.3. The Kier molecular flexibility index (Phi) is 8.29. The van der Waals surface area contributed by atoms with Gasteiger partial charge in [-0.05, 0) is 75.4 Å². The van der Waals surface area contributed by atoms with Crippen LogP contribution in [0.2, 0.25) is 0 Å². The van der Waals surface area contributed by atoms with Gasteiger partial charge in [-0.15, -0.1) is 0 Å². The number of aryl methyl sites for hydroxylation is 3. The fourth-order valence-electron chi connectivity index (χ4n) is 3.12. The highest BCUT2D eigenvalue weighted by Gasteiger charge is 2.22. The molecule has 0 radical (unpaired) electrons. The fourth-order valence-corrected chi connectivity index (χ4v) is 4.03. The monoisotopic (exact) mass is 432 g/mol. The number of carbonyl (C=O) groups excluding carboxylic acids is 1. The van der Waals surface area contributed by atoms with Crippen molar-refractivity contribution in [2.24, 2.45) is 0 Å². The van der Waals surface area contributed by atoms with Crippen LogP contribution in [0.15, 0.2) is 42.5 Å². The van der Waals surface area contributed by atoms with Crippen LogP contribution < -0.4 is 14.4 Å². The van der Waals surface area contributed by atoms with Crippen LogP contribution in [0.5, 0.6) is 5.75 Å². The van der Waals surface area contributed by atoms with Crippen molar-refractivity contribution in [3.63, 3.8) is 0 Å². The topological polar surface area (TPSA) is 75.7 Å². The van der Waals surface area contributed by atoms with Gasteiger partial charge in [-0.25, -0.2) is 8.42 Å². The summed E-state index contributed by atoms with van der Waals surface area (Å²) >= 11 is 0. The molecule has 0 unspecified atom stereocenters. The zero-order valence-electron chi connectivity index (χ0n) is 18.4. The molecule has 0 saturated carbocycles. The fraction of sp³-hybridized carbons (Fsp3) is 0.435. The number of hydrogen-bond donors (Lipinski definition) is 1. The Hall–Kier alpha value is -2.54. The maximum Gasteiger partial charge on any atom is 0.240 e. The molecule has 2 aromatic rings. The molecule has 6 nitrogen and oxygen atoms in total. The van der Waals surface area contributed by atoms with Crippen molar-refractivity contribution in [3.05, 3.63) is 59.2 Å². The van der Waals surface area contributed by atoms with Gasteiger partial charge >= 0.3 is 0 Å². The molecule has 0 aromatic heterocycles. The average molecular weight is 433 g/mol. The molecule has 1 amide bonds. The van der Waals surface area contributed by atoms with Crippen molar-refractivity contribution in [2.75, 3.05) is 23.7 Å². The van der Waals surface area contributed by atoms with Crippen molar-refractivity contribution in [1.82, 2.24) is 5.32 Å². The molecule has 164 valence electrons. The average Bonchev–Trinajstić information content (AvgIpc) is 2.64. The highest BCUT2D eigenvalue weighted by molar-refractivity contribution is 7.92. The van der Waals surface area contributed by atoms with Crippen LogP contribution in [0, 0.1) is 13.8 Å². The first-order valence-electron chi connectivity index (χ1n) is 10.1. The van der Waals surface area contributed by atoms with E-state index in [-0.39, 0.29) is 18.6 Å². The van der Waals surface area contributed by atoms with Gasteiger partial charge in [-0.2, -0.15) is 0 Å². The third-order valence-electron chi connectivity index (χ3n) is 4.56. The molecular weight excluding hydrogens is 400 g/mol. The summed E-state index contributed by atoms with van der Waals surface area (Å²) in [5.41, 5.74) is 3.42. The molecule has 2 rings (SSSR count). The van der Waals surface area contributed by atoms with Crippen LogP contribution in [0.1, 0.15) is 37.0 Å². The van der Waals surface area contributed by atoms with Gasteiger partial charge in [0.25, 0.3) is 0 Å². The lowest BCUT2D eigenvalue weighted by Gasteiger charge is -2.24. The zero-order chi connectivity index (χ0) is 22.3. The van der Waals surface area contributed by atoms with Gasteiger partial charge in [-0.1, -0.05) is 24.3 Å². The normalized spacial score (nSPS) is 11.4. The molecule has 1 N–H and O–H groups in total. The van der Waals surface area contributed by atoms with Crippen LogP contribution in [0.4, 0.5) is 5.69 Å². The lowest BCUT2D eigenvalue weighted by Crippen LogP contribution is -2.41. The molecule has 30 heavy (non-hydrogen) atoms. The number of hydrogen-bond acceptors (Lipinski definition) is 4. The van der Waals surface area contributed by atoms with Gasteiger partial charge in [-0.3, -0.25) is 9.10 Å². The van der Waals surface area contributed by atoms with Crippen LogP contribution in [-0.2, 0) is 21.2 Å². The summed E-state index contributed by atoms with van der Waals surface area (Å²) in [5.74, 6) is 0.516. The number of rotatable bonds is 10. The Morgan fingerprint density at radius 3 is 2.53 bits per heavy atom. The van der Waals surface area contributed by atoms with E-state index in [4.69, 9.17) is 4.74 Å². The van der Waals surface area contributed by atoms with E-state index < -0.39 is 10.0 Å². The van der Waals surface area contributed by atoms with Gasteiger partial charge in [0.05, 0.1) is 18.0 Å². The van der Waals surface area contributed by atoms with E-state index >= 15 is 0 Å². The number of amides is 1. The van der Waals surface area contributed by atoms with E-state index in [2.05, 4.69) is 5.32 Å². The summed E-state index contributed by atoms with van der Waals surface area (Å²) in [6, 6.07) is 13.5. The van der Waals surface area contributed by atoms with Crippen LogP contribution in [0.25, 0.3) is 0 Å². The Bertz CT molecular complexity index is 971. The van der Waals surface area contributed by atoms with Crippen molar-refractivity contribution >= 4 is 21.6 Å². The molecule has 0 aliphatic rings. The number of benzene rings is 2. The van der Waals surface area contributed by atoms with Crippen molar-refractivity contribution in [1.29, 1.82) is 0 Å². The molecule has 0 heterocycles. The number of nitrogens with one attached hydrogen (secondary N) is 1. The number of anilines is 1. The second-order valence-corrected chi connectivity index (χ2v) is 9.73. The van der Waals surface area contributed by atoms with Crippen molar-refractivity contribution in [2.45, 2.75) is 46.6 Å². The number of nitrogens with zero attached hydrogens (tertiary/aromatic N) is 1. The van der Waals surface area contributed by atoms with Crippen LogP contribution in [0.3, 0.4) is 0 Å². The predicted octanol–water partition coefficient (Wildman–Crippen LogP) is 3.61. The summed E-state index contributed by atoms with van der Waals surface area (Å²) in [5, 5.41) is 2.83. The minimum absolute atomic E-state index is 0.120. The maximum absolute atomic E-state index is 12.4. The largest absolute Gasteiger partial charge is 0.491 e. The first-order valence-corrected chi connectivity index (χ1v) is 12.0. The number of carbonyl (C=O) groups is 1. The standard InChI is InChI=1S/C23H32N2O4S/c1-17(2)29-21-10-6-8-20(15-21)9-7-13-24-23(26)16-25(30(5,27)28)22-14-18(3)11-12-19(22)4/h6,8,10-12,14-15,17H,7,9,13,16H2,1-5H3,(H,24,26). The van der Waals surface area contributed by atoms with Gasteiger partial charge in [0, 0.05) is 6.54 Å². The molecule has 0 fully saturated rings. The number of sulfonamides is 1. The molecule has 0 saturated heterocycles. The van der Waals surface area contributed by atoms with E-state index in [1.165, 1.54) is 0 Å². The molecular formula is C23H32N2O4S. The van der Waals surface area contributed by atoms with Gasteiger partial charge in [0.1, 0.15) is 12.3 Å². The lowest BCUT2D eigenvalue weighted by molar-refractivity contribution is -0.119. The highest BCUT2D eigenvalue weighted by Crippen LogP contribution is 2.23. The van der Waals surface area contributed by atoms with Gasteiger partial charge in [0.15, 0.2) is 0 Å². The minimum atomic E-state index is -3.58. The summed E-state index contributed by atoms with van der Waals surface area (Å²) in [6.45, 7) is 7.94. The maximum atomic E-state index is 12.4. The predicted molar refractivity (Wildman–Crippen MR) is 122 cm³/mol. The lowest BCUT2D eigenvalue weighted by atomic mass is 10.1. The first kappa shape index (κ1) is 23.7. The number of ether oxygens (including phenoxy) is 1. The van der Waals surface area contributed by atoms with Gasteiger partial charge in [0.2, 0.25) is 15.9 Å². The third kappa shape index (κ3) is 7.37. The quantitative estimate of drug-likeness (QED) is 0.582. The van der Waals surface area contributed by atoms with Crippen molar-refractivity contribution in [3.8, 4) is 5.75 Å². The SMILES string of the molecule is Cc1ccc(C)c(N(CC(=O)NCCCc2cccc(OC(C)C)c2)S(C)(=O)=O)c1. The molecule has 0 aliphatic heterocycles. The Morgan fingerprint density at radius 2 is 1.87 bits per heavy atom. The van der Waals surface area contributed by atoms with E-state index in [1.54, 1.807) is 6.07 Å². The summed E-state index contributed by atoms with van der Waals surface area (Å²) in [4.78, 5) is 12.4. The summed E-state index contributed by atoms with van der Waals surface area (Å²) in [7, 11) is -3.58. The molecule has 2 aromatic carbocycles. The minimum Gasteiger partial charge on any atom is -0.491 e. The second-order valence-electron chi connectivity index (χ2n) is 7.83. The first-order chi connectivity index (χ1) is 14.1. The second kappa shape index (κ2) is 10.5. The van der Waals surface area contributed by atoms with E-state index in [1.807, 2.05) is 64.1 Å². The van der Waals surface area contributed by atoms with E-state index in [0.29, 0.717) is 12.2 Å². The molecule has 0 aliphatic carbocycles. The van der Waals surface area contributed by atoms with E-state index in [0.717, 1.165) is 45.8 Å². The molecule has 0 bridgehead atoms. The Morgan fingerprint density at radius 1 is 1.13 bits per heavy atom. The Balaban J connectivity index is 1.92.